The van der Waals surface area contributed by atoms with Gasteiger partial charge in [-0.2, -0.15) is 9.40 Å². The lowest BCUT2D eigenvalue weighted by atomic mass is 10.3. The summed E-state index contributed by atoms with van der Waals surface area (Å²) in [6, 6.07) is 4.38. The number of carbonyl (C=O) groups excluding carboxylic acids is 1. The predicted molar refractivity (Wildman–Crippen MR) is 97.3 cm³/mol. The molecule has 0 saturated carbocycles. The van der Waals surface area contributed by atoms with Crippen molar-refractivity contribution in [1.29, 1.82) is 0 Å². The van der Waals surface area contributed by atoms with E-state index in [1.165, 1.54) is 34.5 Å². The van der Waals surface area contributed by atoms with Crippen LogP contribution in [0.2, 0.25) is 5.02 Å². The molecule has 1 aromatic heterocycles. The number of hydrogen-bond acceptors (Lipinski definition) is 6. The Labute approximate surface area is 155 Å². The molecule has 2 rings (SSSR count). The Morgan fingerprint density at radius 2 is 2.08 bits per heavy atom. The second kappa shape index (κ2) is 8.65. The highest BCUT2D eigenvalue weighted by molar-refractivity contribution is 7.99. The third kappa shape index (κ3) is 4.94. The monoisotopic (exact) mass is 403 g/mol. The molecule has 0 radical (unpaired) electrons. The number of aromatic nitrogens is 3. The summed E-state index contributed by atoms with van der Waals surface area (Å²) in [6.45, 7) is 4.17. The van der Waals surface area contributed by atoms with Gasteiger partial charge in [-0.25, -0.2) is 13.4 Å². The molecule has 1 amide bonds. The maximum absolute atomic E-state index is 12.6. The molecule has 2 N–H and O–H groups in total. The van der Waals surface area contributed by atoms with Crippen molar-refractivity contribution in [2.24, 2.45) is 0 Å². The standard InChI is InChI=1S/C14H18ClN5O3S2/c1-3-20(4-2)25(22,23)12-7-10(5-6-11(12)15)18-13(21)8-24-14-16-9-17-19-14/h5-7,9H,3-4,8H2,1-2H3,(H,18,21)(H,16,17,19). The SMILES string of the molecule is CCN(CC)S(=O)(=O)c1cc(NC(=O)CSc2ncn[nH]2)ccc1Cl. The molecule has 0 aliphatic rings. The van der Waals surface area contributed by atoms with E-state index in [1.807, 2.05) is 0 Å². The zero-order valence-electron chi connectivity index (χ0n) is 13.7. The normalized spacial score (nSPS) is 11.7. The second-order valence-corrected chi connectivity index (χ2v) is 8.14. The van der Waals surface area contributed by atoms with Gasteiger partial charge >= 0.3 is 0 Å². The van der Waals surface area contributed by atoms with Gasteiger partial charge in [0.15, 0.2) is 5.16 Å². The smallest absolute Gasteiger partial charge is 0.244 e. The van der Waals surface area contributed by atoms with Crippen molar-refractivity contribution in [1.82, 2.24) is 19.5 Å². The fourth-order valence-electron chi connectivity index (χ4n) is 2.08. The highest BCUT2D eigenvalue weighted by Gasteiger charge is 2.24. The van der Waals surface area contributed by atoms with E-state index in [-0.39, 0.29) is 21.6 Å². The van der Waals surface area contributed by atoms with E-state index < -0.39 is 10.0 Å². The van der Waals surface area contributed by atoms with E-state index in [9.17, 15) is 13.2 Å². The lowest BCUT2D eigenvalue weighted by Crippen LogP contribution is -2.31. The van der Waals surface area contributed by atoms with Crippen LogP contribution in [0.25, 0.3) is 0 Å². The van der Waals surface area contributed by atoms with Gasteiger partial charge in [-0.1, -0.05) is 37.2 Å². The van der Waals surface area contributed by atoms with Crippen LogP contribution >= 0.6 is 23.4 Å². The minimum Gasteiger partial charge on any atom is -0.325 e. The Bertz CT molecular complexity index is 823. The zero-order chi connectivity index (χ0) is 18.4. The predicted octanol–water partition coefficient (Wildman–Crippen LogP) is 2.22. The molecule has 8 nitrogen and oxygen atoms in total. The number of benzene rings is 1. The largest absolute Gasteiger partial charge is 0.325 e. The summed E-state index contributed by atoms with van der Waals surface area (Å²) in [4.78, 5) is 15.9. The molecule has 0 unspecified atom stereocenters. The van der Waals surface area contributed by atoms with Gasteiger partial charge in [0.1, 0.15) is 11.2 Å². The summed E-state index contributed by atoms with van der Waals surface area (Å²) in [5.74, 6) is -0.189. The quantitative estimate of drug-likeness (QED) is 0.654. The number of carbonyl (C=O) groups is 1. The third-order valence-corrected chi connectivity index (χ3v) is 6.68. The minimum absolute atomic E-state index is 0.0291. The van der Waals surface area contributed by atoms with Gasteiger partial charge in [0.05, 0.1) is 10.8 Å². The van der Waals surface area contributed by atoms with Crippen LogP contribution in [0.15, 0.2) is 34.6 Å². The molecule has 0 spiro atoms. The minimum atomic E-state index is -3.72. The Morgan fingerprint density at radius 1 is 1.36 bits per heavy atom. The number of thioether (sulfide) groups is 1. The highest BCUT2D eigenvalue weighted by Crippen LogP contribution is 2.28. The first-order valence-corrected chi connectivity index (χ1v) is 10.3. The second-order valence-electron chi connectivity index (χ2n) is 4.86. The Balaban J connectivity index is 2.14. The number of sulfonamides is 1. The van der Waals surface area contributed by atoms with Crippen molar-refractivity contribution >= 4 is 45.0 Å². The van der Waals surface area contributed by atoms with Gasteiger partial charge in [-0.3, -0.25) is 9.89 Å². The van der Waals surface area contributed by atoms with E-state index >= 15 is 0 Å². The molecule has 0 fully saturated rings. The maximum atomic E-state index is 12.6. The van der Waals surface area contributed by atoms with E-state index in [2.05, 4.69) is 20.5 Å². The van der Waals surface area contributed by atoms with Crippen LogP contribution < -0.4 is 5.32 Å². The van der Waals surface area contributed by atoms with E-state index in [0.717, 1.165) is 0 Å². The fourth-order valence-corrected chi connectivity index (χ4v) is 4.61. The fraction of sp³-hybridized carbons (Fsp3) is 0.357. The number of rotatable bonds is 8. The van der Waals surface area contributed by atoms with Crippen LogP contribution in [0.4, 0.5) is 5.69 Å². The van der Waals surface area contributed by atoms with Crippen LogP contribution in [-0.2, 0) is 14.8 Å². The number of H-pyrrole nitrogens is 1. The maximum Gasteiger partial charge on any atom is 0.244 e. The van der Waals surface area contributed by atoms with E-state index in [0.29, 0.717) is 23.9 Å². The van der Waals surface area contributed by atoms with Crippen molar-refractivity contribution in [3.05, 3.63) is 29.5 Å². The lowest BCUT2D eigenvalue weighted by Gasteiger charge is -2.19. The Morgan fingerprint density at radius 3 is 2.68 bits per heavy atom. The number of halogens is 1. The molecule has 25 heavy (non-hydrogen) atoms. The molecule has 0 atom stereocenters. The number of nitrogens with zero attached hydrogens (tertiary/aromatic N) is 3. The highest BCUT2D eigenvalue weighted by atomic mass is 35.5. The molecule has 0 saturated heterocycles. The van der Waals surface area contributed by atoms with Gasteiger partial charge in [0, 0.05) is 18.8 Å². The van der Waals surface area contributed by atoms with Crippen LogP contribution in [-0.4, -0.2) is 52.7 Å². The molecular weight excluding hydrogens is 386 g/mol. The van der Waals surface area contributed by atoms with Gasteiger partial charge in [-0.05, 0) is 18.2 Å². The summed E-state index contributed by atoms with van der Waals surface area (Å²) in [5, 5.41) is 9.62. The van der Waals surface area contributed by atoms with E-state index in [4.69, 9.17) is 11.6 Å². The average Bonchev–Trinajstić information content (AvgIpc) is 3.09. The number of aromatic amines is 1. The summed E-state index contributed by atoms with van der Waals surface area (Å²) < 4.78 is 26.6. The summed E-state index contributed by atoms with van der Waals surface area (Å²) in [5.41, 5.74) is 0.360. The molecule has 136 valence electrons. The average molecular weight is 404 g/mol. The molecule has 2 aromatic rings. The van der Waals surface area contributed by atoms with Gasteiger partial charge in [-0.15, -0.1) is 0 Å². The first-order chi connectivity index (χ1) is 11.9. The van der Waals surface area contributed by atoms with Crippen molar-refractivity contribution in [3.63, 3.8) is 0 Å². The van der Waals surface area contributed by atoms with Crippen molar-refractivity contribution in [3.8, 4) is 0 Å². The molecule has 0 aliphatic heterocycles. The van der Waals surface area contributed by atoms with Gasteiger partial charge in [0.25, 0.3) is 0 Å². The van der Waals surface area contributed by atoms with Crippen LogP contribution in [0.1, 0.15) is 13.8 Å². The van der Waals surface area contributed by atoms with Crippen LogP contribution in [0.3, 0.4) is 0 Å². The molecule has 0 aliphatic carbocycles. The van der Waals surface area contributed by atoms with E-state index in [1.54, 1.807) is 19.9 Å². The van der Waals surface area contributed by atoms with Crippen molar-refractivity contribution in [2.75, 3.05) is 24.2 Å². The van der Waals surface area contributed by atoms with Gasteiger partial charge in [0.2, 0.25) is 15.9 Å². The van der Waals surface area contributed by atoms with Gasteiger partial charge < -0.3 is 5.32 Å². The van der Waals surface area contributed by atoms with Crippen LogP contribution in [0, 0.1) is 0 Å². The number of hydrogen-bond donors (Lipinski definition) is 2. The first kappa shape index (κ1) is 19.7. The first-order valence-electron chi connectivity index (χ1n) is 7.46. The Hall–Kier alpha value is -1.62. The zero-order valence-corrected chi connectivity index (χ0v) is 16.1. The topological polar surface area (TPSA) is 108 Å². The van der Waals surface area contributed by atoms with Crippen LogP contribution in [0.5, 0.6) is 0 Å². The number of amides is 1. The van der Waals surface area contributed by atoms with Crippen molar-refractivity contribution in [2.45, 2.75) is 23.9 Å². The molecule has 1 aromatic carbocycles. The Kier molecular flexibility index (Phi) is 6.82. The number of nitrogens with one attached hydrogen (secondary N) is 2. The molecule has 11 heteroatoms. The number of anilines is 1. The lowest BCUT2D eigenvalue weighted by molar-refractivity contribution is -0.113. The van der Waals surface area contributed by atoms with Crippen molar-refractivity contribution < 1.29 is 13.2 Å². The summed E-state index contributed by atoms with van der Waals surface area (Å²) in [7, 11) is -3.72. The third-order valence-electron chi connectivity index (χ3n) is 3.27. The summed E-state index contributed by atoms with van der Waals surface area (Å²) >= 11 is 7.25. The molecular formula is C14H18ClN5O3S2. The summed E-state index contributed by atoms with van der Waals surface area (Å²) in [6.07, 6.45) is 1.35. The molecule has 0 bridgehead atoms. The molecule has 1 heterocycles.